The molecule has 0 saturated carbocycles. The van der Waals surface area contributed by atoms with Crippen molar-refractivity contribution >= 4 is 40.1 Å². The highest BCUT2D eigenvalue weighted by Crippen LogP contribution is 2.44. The molecule has 1 amide bonds. The summed E-state index contributed by atoms with van der Waals surface area (Å²) in [7, 11) is 0. The number of amides is 1. The molecular formula is C32H27ClF4N8O3. The highest BCUT2D eigenvalue weighted by Gasteiger charge is 2.42. The van der Waals surface area contributed by atoms with Gasteiger partial charge in [-0.15, -0.1) is 5.10 Å². The molecule has 5 aromatic rings. The summed E-state index contributed by atoms with van der Waals surface area (Å²) in [5.41, 5.74) is 0.0493. The summed E-state index contributed by atoms with van der Waals surface area (Å²) < 4.78 is 63.1. The molecule has 2 aliphatic rings. The largest absolute Gasteiger partial charge is 0.443 e. The zero-order valence-corrected chi connectivity index (χ0v) is 26.5. The van der Waals surface area contributed by atoms with Gasteiger partial charge in [-0.3, -0.25) is 14.3 Å². The van der Waals surface area contributed by atoms with Crippen molar-refractivity contribution in [3.8, 4) is 16.9 Å². The first-order valence-corrected chi connectivity index (χ1v) is 15.3. The third kappa shape index (κ3) is 5.51. The fourth-order valence-corrected chi connectivity index (χ4v) is 6.49. The molecule has 1 aromatic carbocycles. The Kier molecular flexibility index (Phi) is 7.42. The monoisotopic (exact) mass is 682 g/mol. The highest BCUT2D eigenvalue weighted by molar-refractivity contribution is 6.31. The minimum absolute atomic E-state index is 0.0299. The molecule has 11 nitrogen and oxygen atoms in total. The number of ether oxygens (including phenoxy) is 1. The third-order valence-corrected chi connectivity index (χ3v) is 8.62. The van der Waals surface area contributed by atoms with Crippen LogP contribution in [0.3, 0.4) is 0 Å². The Morgan fingerprint density at radius 2 is 1.90 bits per heavy atom. The van der Waals surface area contributed by atoms with E-state index in [1.54, 1.807) is 56.5 Å². The van der Waals surface area contributed by atoms with Crippen molar-refractivity contribution in [3.05, 3.63) is 83.2 Å². The number of aromatic nitrogens is 7. The number of fused-ring (bicyclic) bond motifs is 2. The van der Waals surface area contributed by atoms with Crippen LogP contribution in [0.4, 0.5) is 22.4 Å². The first kappa shape index (κ1) is 31.5. The number of rotatable bonds is 4. The highest BCUT2D eigenvalue weighted by atomic mass is 35.5. The molecule has 2 aliphatic heterocycles. The van der Waals surface area contributed by atoms with Gasteiger partial charge in [0.05, 0.1) is 40.4 Å². The Labute approximate surface area is 275 Å². The van der Waals surface area contributed by atoms with Gasteiger partial charge in [-0.2, -0.15) is 13.2 Å². The van der Waals surface area contributed by atoms with Gasteiger partial charge < -0.3 is 14.6 Å². The second-order valence-corrected chi connectivity index (χ2v) is 13.0. The molecule has 1 fully saturated rings. The smallest absolute Gasteiger partial charge is 0.436 e. The summed E-state index contributed by atoms with van der Waals surface area (Å²) >= 11 is 6.09. The fraction of sp³-hybridized carbons (Fsp3) is 0.312. The van der Waals surface area contributed by atoms with E-state index >= 15 is 4.39 Å². The number of aromatic amines is 1. The standard InChI is InChI=1S/C32H27ClF4N8O3/c1-31(2,3)48-30(47)43-14-19(18-12-38-9-8-22(18)43)21-13-39-29(40-21)24-6-4-17-10-16(11-26(46)45(17)24)27-23(7-5-20(33)28(27)34)44-15-25(41-42-44)32(35,36)37/h5,7-9,11-15,17,24H,4,6,10H2,1-3H3,(H,39,40)/t17?,24-/m0/s1. The predicted octanol–water partition coefficient (Wildman–Crippen LogP) is 7.12. The van der Waals surface area contributed by atoms with Crippen LogP contribution < -0.4 is 0 Å². The van der Waals surface area contributed by atoms with Crippen LogP contribution in [0.5, 0.6) is 0 Å². The molecule has 248 valence electrons. The van der Waals surface area contributed by atoms with Gasteiger partial charge in [0.2, 0.25) is 5.91 Å². The molecular weight excluding hydrogens is 656 g/mol. The van der Waals surface area contributed by atoms with E-state index in [1.165, 1.54) is 22.8 Å². The number of hydrogen-bond acceptors (Lipinski definition) is 7. The van der Waals surface area contributed by atoms with Gasteiger partial charge in [-0.05, 0) is 63.8 Å². The number of imidazole rings is 1. The number of carbonyl (C=O) groups is 2. The van der Waals surface area contributed by atoms with Crippen LogP contribution in [0.2, 0.25) is 5.02 Å². The topological polar surface area (TPSA) is 124 Å². The number of H-pyrrole nitrogens is 1. The first-order chi connectivity index (χ1) is 22.7. The molecule has 16 heteroatoms. The summed E-state index contributed by atoms with van der Waals surface area (Å²) in [6.07, 6.45) is 4.47. The van der Waals surface area contributed by atoms with Crippen molar-refractivity contribution < 1.29 is 31.9 Å². The second-order valence-electron chi connectivity index (χ2n) is 12.6. The zero-order chi connectivity index (χ0) is 34.1. The summed E-state index contributed by atoms with van der Waals surface area (Å²) in [5, 5.41) is 7.18. The van der Waals surface area contributed by atoms with E-state index in [1.807, 2.05) is 0 Å². The van der Waals surface area contributed by atoms with Crippen LogP contribution in [-0.4, -0.2) is 63.1 Å². The summed E-state index contributed by atoms with van der Waals surface area (Å²) in [4.78, 5) is 40.5. The van der Waals surface area contributed by atoms with E-state index in [0.717, 1.165) is 4.68 Å². The van der Waals surface area contributed by atoms with Crippen LogP contribution in [0.15, 0.2) is 55.3 Å². The minimum Gasteiger partial charge on any atom is -0.443 e. The SMILES string of the molecule is CC(C)(C)OC(=O)n1cc(-c2cnc([C@@H]3CCC4CC(c5c(-n6cc(C(F)(F)F)nn6)ccc(Cl)c5F)=CC(=O)N43)[nH]2)c2cnccc21. The molecule has 0 spiro atoms. The normalized spacial score (nSPS) is 18.4. The number of alkyl halides is 3. The van der Waals surface area contributed by atoms with E-state index in [0.29, 0.717) is 47.0 Å². The van der Waals surface area contributed by atoms with E-state index in [9.17, 15) is 22.8 Å². The molecule has 4 aromatic heterocycles. The molecule has 0 radical (unpaired) electrons. The van der Waals surface area contributed by atoms with Gasteiger partial charge >= 0.3 is 12.3 Å². The number of benzene rings is 1. The molecule has 0 bridgehead atoms. The van der Waals surface area contributed by atoms with Crippen molar-refractivity contribution in [2.45, 2.75) is 63.9 Å². The van der Waals surface area contributed by atoms with Gasteiger partial charge in [0, 0.05) is 47.2 Å². The van der Waals surface area contributed by atoms with Crippen molar-refractivity contribution in [3.63, 3.8) is 0 Å². The third-order valence-electron chi connectivity index (χ3n) is 8.33. The van der Waals surface area contributed by atoms with E-state index < -0.39 is 41.3 Å². The average Bonchev–Trinajstić information content (AvgIpc) is 3.82. The Hall–Kier alpha value is -5.05. The Morgan fingerprint density at radius 1 is 1.10 bits per heavy atom. The number of nitrogens with one attached hydrogen (secondary N) is 1. The van der Waals surface area contributed by atoms with Gasteiger partial charge in [0.15, 0.2) is 11.5 Å². The van der Waals surface area contributed by atoms with Crippen LogP contribution in [0, 0.1) is 5.82 Å². The summed E-state index contributed by atoms with van der Waals surface area (Å²) in [6, 6.07) is 3.49. The molecule has 7 rings (SSSR count). The molecule has 1 saturated heterocycles. The molecule has 1 unspecified atom stereocenters. The predicted molar refractivity (Wildman–Crippen MR) is 165 cm³/mol. The maximum absolute atomic E-state index is 15.6. The lowest BCUT2D eigenvalue weighted by Gasteiger charge is -2.33. The second kappa shape index (κ2) is 11.3. The van der Waals surface area contributed by atoms with Crippen LogP contribution in [0.25, 0.3) is 33.4 Å². The van der Waals surface area contributed by atoms with Gasteiger partial charge in [0.25, 0.3) is 0 Å². The van der Waals surface area contributed by atoms with E-state index in [4.69, 9.17) is 16.3 Å². The molecule has 0 aliphatic carbocycles. The maximum Gasteiger partial charge on any atom is 0.436 e. The molecule has 48 heavy (non-hydrogen) atoms. The van der Waals surface area contributed by atoms with Crippen molar-refractivity contribution in [2.75, 3.05) is 0 Å². The van der Waals surface area contributed by atoms with Gasteiger partial charge in [-0.25, -0.2) is 18.9 Å². The maximum atomic E-state index is 15.6. The van der Waals surface area contributed by atoms with E-state index in [-0.39, 0.29) is 34.3 Å². The van der Waals surface area contributed by atoms with Crippen molar-refractivity contribution in [1.29, 1.82) is 0 Å². The lowest BCUT2D eigenvalue weighted by Crippen LogP contribution is -2.39. The van der Waals surface area contributed by atoms with E-state index in [2.05, 4.69) is 25.3 Å². The quantitative estimate of drug-likeness (QED) is 0.200. The number of halogens is 5. The summed E-state index contributed by atoms with van der Waals surface area (Å²) in [6.45, 7) is 5.34. The Bertz CT molecular complexity index is 2130. The fourth-order valence-electron chi connectivity index (χ4n) is 6.34. The Balaban J connectivity index is 1.20. The lowest BCUT2D eigenvalue weighted by atomic mass is 9.92. The summed E-state index contributed by atoms with van der Waals surface area (Å²) in [5.74, 6) is -0.764. The minimum atomic E-state index is -4.75. The molecule has 1 N–H and O–H groups in total. The van der Waals surface area contributed by atoms with Crippen molar-refractivity contribution in [2.24, 2.45) is 0 Å². The lowest BCUT2D eigenvalue weighted by molar-refractivity contribution is -0.141. The average molecular weight is 683 g/mol. The number of pyridine rings is 1. The number of nitrogens with zero attached hydrogens (tertiary/aromatic N) is 7. The number of carbonyl (C=O) groups excluding carboxylic acids is 2. The molecule has 6 heterocycles. The van der Waals surface area contributed by atoms with Crippen LogP contribution in [0.1, 0.15) is 63.2 Å². The van der Waals surface area contributed by atoms with Crippen LogP contribution >= 0.6 is 11.6 Å². The van der Waals surface area contributed by atoms with Crippen molar-refractivity contribution in [1.82, 2.24) is 39.4 Å². The number of hydrogen-bond donors (Lipinski definition) is 1. The van der Waals surface area contributed by atoms with Gasteiger partial charge in [-0.1, -0.05) is 16.8 Å². The molecule has 2 atom stereocenters. The van der Waals surface area contributed by atoms with Crippen LogP contribution in [-0.2, 0) is 15.7 Å². The first-order valence-electron chi connectivity index (χ1n) is 14.9. The Morgan fingerprint density at radius 3 is 2.62 bits per heavy atom. The zero-order valence-electron chi connectivity index (χ0n) is 25.7. The van der Waals surface area contributed by atoms with Gasteiger partial charge in [0.1, 0.15) is 11.4 Å².